The van der Waals surface area contributed by atoms with Gasteiger partial charge in [-0.1, -0.05) is 0 Å². The number of fused-ring (bicyclic) bond motifs is 3. The third-order valence-corrected chi connectivity index (χ3v) is 4.66. The zero-order valence-corrected chi connectivity index (χ0v) is 12.7. The average Bonchev–Trinajstić information content (AvgIpc) is 2.97. The molecule has 5 N–H and O–H groups in total. The highest BCUT2D eigenvalue weighted by molar-refractivity contribution is 5.95. The molecule has 3 heterocycles. The highest BCUT2D eigenvalue weighted by Crippen LogP contribution is 2.40. The summed E-state index contributed by atoms with van der Waals surface area (Å²) in [4.78, 5) is 20.4. The largest absolute Gasteiger partial charge is 0.364 e. The summed E-state index contributed by atoms with van der Waals surface area (Å²) >= 11 is 0. The van der Waals surface area contributed by atoms with E-state index in [1.807, 2.05) is 4.68 Å². The lowest BCUT2D eigenvalue weighted by atomic mass is 9.89. The van der Waals surface area contributed by atoms with Crippen molar-refractivity contribution >= 4 is 5.91 Å². The van der Waals surface area contributed by atoms with E-state index in [2.05, 4.69) is 20.4 Å². The van der Waals surface area contributed by atoms with Gasteiger partial charge in [0.15, 0.2) is 5.69 Å². The predicted octanol–water partition coefficient (Wildman–Crippen LogP) is -0.0806. The number of aromatic nitrogens is 4. The number of hydrogen-bond acceptors (Lipinski definition) is 6. The fourth-order valence-electron chi connectivity index (χ4n) is 3.59. The molecule has 0 aromatic carbocycles. The van der Waals surface area contributed by atoms with E-state index in [0.29, 0.717) is 6.42 Å². The Balaban J connectivity index is 1.95. The first-order chi connectivity index (χ1) is 11.2. The molecular formula is C15H19N7O. The molecule has 1 atom stereocenters. The standard InChI is InChI=1S/C15H19N7O/c16-10-5-8-6-19-7-20-12(8)14-11(10)13(15(17)23)21-22(14)9-1-3-18-4-2-9/h6-7,9-10,18H,1-5,16H2,(H2,17,23). The minimum Gasteiger partial charge on any atom is -0.364 e. The number of hydrogen-bond donors (Lipinski definition) is 3. The SMILES string of the molecule is NC(=O)c1nn(C2CCNCC2)c2c1C(N)Cc1cncnc1-2. The van der Waals surface area contributed by atoms with Crippen LogP contribution in [0.4, 0.5) is 0 Å². The molecular weight excluding hydrogens is 294 g/mol. The zero-order chi connectivity index (χ0) is 16.0. The monoisotopic (exact) mass is 313 g/mol. The molecule has 0 bridgehead atoms. The Bertz CT molecular complexity index is 763. The van der Waals surface area contributed by atoms with Crippen LogP contribution in [0.2, 0.25) is 0 Å². The van der Waals surface area contributed by atoms with E-state index in [9.17, 15) is 4.79 Å². The summed E-state index contributed by atoms with van der Waals surface area (Å²) in [5.41, 5.74) is 15.5. The number of primary amides is 1. The van der Waals surface area contributed by atoms with Crippen molar-refractivity contribution in [1.29, 1.82) is 0 Å². The second-order valence-electron chi connectivity index (χ2n) is 6.11. The summed E-state index contributed by atoms with van der Waals surface area (Å²) in [5, 5.41) is 7.88. The van der Waals surface area contributed by atoms with Gasteiger partial charge in [-0.15, -0.1) is 0 Å². The summed E-state index contributed by atoms with van der Waals surface area (Å²) < 4.78 is 1.92. The van der Waals surface area contributed by atoms with Crippen LogP contribution in [0.25, 0.3) is 11.4 Å². The van der Waals surface area contributed by atoms with E-state index in [4.69, 9.17) is 11.5 Å². The topological polar surface area (TPSA) is 125 Å². The number of piperidine rings is 1. The van der Waals surface area contributed by atoms with E-state index in [1.165, 1.54) is 6.33 Å². The summed E-state index contributed by atoms with van der Waals surface area (Å²) in [7, 11) is 0. The molecule has 4 rings (SSSR count). The van der Waals surface area contributed by atoms with E-state index < -0.39 is 5.91 Å². The first-order valence-corrected chi connectivity index (χ1v) is 7.84. The molecule has 1 amide bonds. The molecule has 8 heteroatoms. The number of nitrogens with zero attached hydrogens (tertiary/aromatic N) is 4. The number of amides is 1. The van der Waals surface area contributed by atoms with Gasteiger partial charge < -0.3 is 16.8 Å². The van der Waals surface area contributed by atoms with Crippen molar-refractivity contribution in [3.05, 3.63) is 29.3 Å². The Morgan fingerprint density at radius 3 is 2.87 bits per heavy atom. The predicted molar refractivity (Wildman–Crippen MR) is 83.5 cm³/mol. The lowest BCUT2D eigenvalue weighted by Crippen LogP contribution is -2.30. The van der Waals surface area contributed by atoms with Crippen molar-refractivity contribution in [2.45, 2.75) is 31.3 Å². The maximum absolute atomic E-state index is 11.9. The summed E-state index contributed by atoms with van der Waals surface area (Å²) in [6.45, 7) is 1.85. The maximum atomic E-state index is 11.9. The smallest absolute Gasteiger partial charge is 0.269 e. The van der Waals surface area contributed by atoms with Gasteiger partial charge in [0.1, 0.15) is 6.33 Å². The third kappa shape index (κ3) is 2.22. The summed E-state index contributed by atoms with van der Waals surface area (Å²) in [6.07, 6.45) is 5.78. The molecule has 1 saturated heterocycles. The van der Waals surface area contributed by atoms with Gasteiger partial charge in [0.25, 0.3) is 5.91 Å². The molecule has 0 spiro atoms. The van der Waals surface area contributed by atoms with Crippen molar-refractivity contribution in [1.82, 2.24) is 25.1 Å². The molecule has 2 aromatic rings. The Hall–Kier alpha value is -2.32. The molecule has 120 valence electrons. The Labute approximate surface area is 133 Å². The molecule has 1 fully saturated rings. The Morgan fingerprint density at radius 2 is 2.13 bits per heavy atom. The fraction of sp³-hybridized carbons (Fsp3) is 0.467. The van der Waals surface area contributed by atoms with E-state index in [0.717, 1.165) is 48.4 Å². The number of nitrogens with two attached hydrogens (primary N) is 2. The highest BCUT2D eigenvalue weighted by Gasteiger charge is 2.35. The van der Waals surface area contributed by atoms with Crippen LogP contribution < -0.4 is 16.8 Å². The molecule has 1 aliphatic heterocycles. The van der Waals surface area contributed by atoms with Crippen LogP contribution in [-0.4, -0.2) is 38.7 Å². The second-order valence-corrected chi connectivity index (χ2v) is 6.11. The molecule has 0 saturated carbocycles. The molecule has 1 unspecified atom stereocenters. The normalized spacial score (nSPS) is 20.8. The Kier molecular flexibility index (Phi) is 3.35. The number of carbonyl (C=O) groups excluding carboxylic acids is 1. The molecule has 2 aromatic heterocycles. The highest BCUT2D eigenvalue weighted by atomic mass is 16.1. The van der Waals surface area contributed by atoms with Crippen LogP contribution in [0.3, 0.4) is 0 Å². The van der Waals surface area contributed by atoms with Gasteiger partial charge in [-0.3, -0.25) is 9.48 Å². The second kappa shape index (κ2) is 5.39. The van der Waals surface area contributed by atoms with Gasteiger partial charge in [0.05, 0.1) is 17.4 Å². The average molecular weight is 313 g/mol. The van der Waals surface area contributed by atoms with Gasteiger partial charge in [0, 0.05) is 23.4 Å². The molecule has 1 aliphatic carbocycles. The first kappa shape index (κ1) is 14.3. The van der Waals surface area contributed by atoms with E-state index >= 15 is 0 Å². The van der Waals surface area contributed by atoms with Gasteiger partial charge in [-0.25, -0.2) is 9.97 Å². The third-order valence-electron chi connectivity index (χ3n) is 4.66. The van der Waals surface area contributed by atoms with Crippen LogP contribution in [0, 0.1) is 0 Å². The van der Waals surface area contributed by atoms with E-state index in [-0.39, 0.29) is 17.8 Å². The quantitative estimate of drug-likeness (QED) is 0.712. The fourth-order valence-corrected chi connectivity index (χ4v) is 3.59. The van der Waals surface area contributed by atoms with Crippen LogP contribution in [0.1, 0.15) is 46.5 Å². The van der Waals surface area contributed by atoms with Crippen molar-refractivity contribution in [2.24, 2.45) is 11.5 Å². The van der Waals surface area contributed by atoms with Crippen LogP contribution in [0.15, 0.2) is 12.5 Å². The minimum absolute atomic E-state index is 0.214. The molecule has 2 aliphatic rings. The summed E-state index contributed by atoms with van der Waals surface area (Å²) in [6, 6.07) is -0.104. The van der Waals surface area contributed by atoms with Crippen molar-refractivity contribution in [3.63, 3.8) is 0 Å². The van der Waals surface area contributed by atoms with Gasteiger partial charge in [-0.2, -0.15) is 5.10 Å². The minimum atomic E-state index is -0.540. The van der Waals surface area contributed by atoms with Crippen LogP contribution >= 0.6 is 0 Å². The lowest BCUT2D eigenvalue weighted by molar-refractivity contribution is 0.0993. The summed E-state index contributed by atoms with van der Waals surface area (Å²) in [5.74, 6) is -0.540. The first-order valence-electron chi connectivity index (χ1n) is 7.84. The number of carbonyl (C=O) groups is 1. The maximum Gasteiger partial charge on any atom is 0.269 e. The van der Waals surface area contributed by atoms with Gasteiger partial charge >= 0.3 is 0 Å². The number of nitrogens with one attached hydrogen (secondary N) is 1. The lowest BCUT2D eigenvalue weighted by Gasteiger charge is -2.27. The number of rotatable bonds is 2. The van der Waals surface area contributed by atoms with Crippen molar-refractivity contribution in [2.75, 3.05) is 13.1 Å². The van der Waals surface area contributed by atoms with E-state index in [1.54, 1.807) is 6.20 Å². The molecule has 0 radical (unpaired) electrons. The van der Waals surface area contributed by atoms with Gasteiger partial charge in [0.2, 0.25) is 0 Å². The van der Waals surface area contributed by atoms with Crippen LogP contribution in [0.5, 0.6) is 0 Å². The van der Waals surface area contributed by atoms with Crippen molar-refractivity contribution in [3.8, 4) is 11.4 Å². The molecule has 23 heavy (non-hydrogen) atoms. The Morgan fingerprint density at radius 1 is 1.35 bits per heavy atom. The van der Waals surface area contributed by atoms with Gasteiger partial charge in [-0.05, 0) is 32.4 Å². The zero-order valence-electron chi connectivity index (χ0n) is 12.7. The molecule has 8 nitrogen and oxygen atoms in total. The van der Waals surface area contributed by atoms with Crippen LogP contribution in [-0.2, 0) is 6.42 Å². The van der Waals surface area contributed by atoms with Crippen molar-refractivity contribution < 1.29 is 4.79 Å².